The molecule has 4 aromatic carbocycles. The summed E-state index contributed by atoms with van der Waals surface area (Å²) < 4.78 is 23.8. The third kappa shape index (κ3) is 4.08. The molecule has 0 aliphatic heterocycles. The number of hydrogen-bond donors (Lipinski definition) is 0. The van der Waals surface area contributed by atoms with Gasteiger partial charge in [-0.2, -0.15) is 0 Å². The van der Waals surface area contributed by atoms with Gasteiger partial charge in [0.1, 0.15) is 33.8 Å². The van der Waals surface area contributed by atoms with E-state index in [0.717, 1.165) is 81.1 Å². The van der Waals surface area contributed by atoms with Crippen LogP contribution in [0.4, 0.5) is 0 Å². The molecule has 0 saturated carbocycles. The standard InChI is InChI=1S/C30H26O4/c1(7-17-31-21-13-15-29-25(19-21)23-9-3-5-11-27(23)33-29)2-8-18-32-22-14-16-30-26(20-22)24-10-4-6-12-28(24)34-30/h3-6,9-16,19-20H,1-2,7-8,17-18H2. The van der Waals surface area contributed by atoms with Crippen molar-refractivity contribution in [3.05, 3.63) is 84.9 Å². The van der Waals surface area contributed by atoms with Crippen molar-refractivity contribution >= 4 is 43.9 Å². The summed E-state index contributed by atoms with van der Waals surface area (Å²) in [7, 11) is 0. The summed E-state index contributed by atoms with van der Waals surface area (Å²) in [5.74, 6) is 1.79. The van der Waals surface area contributed by atoms with Gasteiger partial charge in [-0.05, 0) is 74.2 Å². The van der Waals surface area contributed by atoms with Gasteiger partial charge in [-0.3, -0.25) is 0 Å². The van der Waals surface area contributed by atoms with Crippen LogP contribution in [0.5, 0.6) is 11.5 Å². The molecule has 4 heteroatoms. The van der Waals surface area contributed by atoms with Gasteiger partial charge in [-0.1, -0.05) is 36.4 Å². The van der Waals surface area contributed by atoms with Crippen LogP contribution in [0.25, 0.3) is 43.9 Å². The number of benzene rings is 4. The van der Waals surface area contributed by atoms with Crippen molar-refractivity contribution in [1.82, 2.24) is 0 Å². The van der Waals surface area contributed by atoms with E-state index < -0.39 is 0 Å². The minimum Gasteiger partial charge on any atom is -0.494 e. The predicted molar refractivity (Wildman–Crippen MR) is 137 cm³/mol. The highest BCUT2D eigenvalue weighted by molar-refractivity contribution is 6.06. The summed E-state index contributed by atoms with van der Waals surface area (Å²) in [4.78, 5) is 0. The summed E-state index contributed by atoms with van der Waals surface area (Å²) in [6.45, 7) is 1.43. The van der Waals surface area contributed by atoms with Crippen LogP contribution in [0.2, 0.25) is 0 Å². The third-order valence-electron chi connectivity index (χ3n) is 6.27. The molecule has 0 amide bonds. The lowest BCUT2D eigenvalue weighted by Gasteiger charge is -2.07. The topological polar surface area (TPSA) is 44.7 Å². The molecule has 0 aliphatic rings. The van der Waals surface area contributed by atoms with Gasteiger partial charge < -0.3 is 18.3 Å². The second kappa shape index (κ2) is 9.14. The number of unbranched alkanes of at least 4 members (excludes halogenated alkanes) is 3. The van der Waals surface area contributed by atoms with Gasteiger partial charge in [0.05, 0.1) is 13.2 Å². The predicted octanol–water partition coefficient (Wildman–Crippen LogP) is 8.50. The monoisotopic (exact) mass is 450 g/mol. The molecule has 2 aromatic heterocycles. The van der Waals surface area contributed by atoms with Crippen molar-refractivity contribution in [2.24, 2.45) is 0 Å². The van der Waals surface area contributed by atoms with Crippen molar-refractivity contribution in [3.63, 3.8) is 0 Å². The highest BCUT2D eigenvalue weighted by atomic mass is 16.5. The van der Waals surface area contributed by atoms with Gasteiger partial charge in [0.25, 0.3) is 0 Å². The van der Waals surface area contributed by atoms with Gasteiger partial charge >= 0.3 is 0 Å². The number of fused-ring (bicyclic) bond motifs is 6. The molecule has 6 rings (SSSR count). The zero-order valence-electron chi connectivity index (χ0n) is 19.0. The van der Waals surface area contributed by atoms with Gasteiger partial charge in [0.15, 0.2) is 0 Å². The average Bonchev–Trinajstić information content (AvgIpc) is 3.43. The first-order valence-corrected chi connectivity index (χ1v) is 11.9. The first kappa shape index (κ1) is 20.7. The molecular weight excluding hydrogens is 424 g/mol. The molecule has 34 heavy (non-hydrogen) atoms. The van der Waals surface area contributed by atoms with Crippen molar-refractivity contribution < 1.29 is 18.3 Å². The number of furan rings is 2. The molecule has 0 atom stereocenters. The second-order valence-electron chi connectivity index (χ2n) is 8.62. The highest BCUT2D eigenvalue weighted by Crippen LogP contribution is 2.32. The normalized spacial score (nSPS) is 11.6. The minimum atomic E-state index is 0.715. The van der Waals surface area contributed by atoms with Crippen molar-refractivity contribution in [2.75, 3.05) is 13.2 Å². The van der Waals surface area contributed by atoms with Crippen molar-refractivity contribution in [3.8, 4) is 11.5 Å². The van der Waals surface area contributed by atoms with E-state index in [1.807, 2.05) is 60.7 Å². The van der Waals surface area contributed by atoms with E-state index in [0.29, 0.717) is 13.2 Å². The Kier molecular flexibility index (Phi) is 5.56. The quantitative estimate of drug-likeness (QED) is 0.207. The largest absolute Gasteiger partial charge is 0.494 e. The Labute approximate surface area is 197 Å². The lowest BCUT2D eigenvalue weighted by molar-refractivity contribution is 0.288. The molecule has 0 unspecified atom stereocenters. The molecule has 0 saturated heterocycles. The molecular formula is C30H26O4. The van der Waals surface area contributed by atoms with E-state index in [1.165, 1.54) is 0 Å². The third-order valence-corrected chi connectivity index (χ3v) is 6.27. The Bertz CT molecular complexity index is 1450. The van der Waals surface area contributed by atoms with E-state index in [9.17, 15) is 0 Å². The lowest BCUT2D eigenvalue weighted by Crippen LogP contribution is -1.99. The fourth-order valence-electron chi connectivity index (χ4n) is 4.53. The molecule has 0 radical (unpaired) electrons. The molecule has 0 bridgehead atoms. The average molecular weight is 451 g/mol. The van der Waals surface area contributed by atoms with Crippen molar-refractivity contribution in [1.29, 1.82) is 0 Å². The van der Waals surface area contributed by atoms with Gasteiger partial charge in [0.2, 0.25) is 0 Å². The van der Waals surface area contributed by atoms with Crippen LogP contribution < -0.4 is 9.47 Å². The Morgan fingerprint density at radius 2 is 0.882 bits per heavy atom. The summed E-state index contributed by atoms with van der Waals surface area (Å²) >= 11 is 0. The SMILES string of the molecule is c1ccc2c(c1)oc1ccc(OCCCCCCOc3ccc4oc5ccccc5c4c3)cc12. The molecule has 170 valence electrons. The number of para-hydroxylation sites is 2. The maximum absolute atomic E-state index is 5.99. The number of hydrogen-bond acceptors (Lipinski definition) is 4. The van der Waals surface area contributed by atoms with Gasteiger partial charge in [-0.15, -0.1) is 0 Å². The van der Waals surface area contributed by atoms with Crippen molar-refractivity contribution in [2.45, 2.75) is 25.7 Å². The fraction of sp³-hybridized carbons (Fsp3) is 0.200. The van der Waals surface area contributed by atoms with Gasteiger partial charge in [0, 0.05) is 21.5 Å². The molecule has 0 aliphatic carbocycles. The number of rotatable bonds is 9. The van der Waals surface area contributed by atoms with Crippen LogP contribution >= 0.6 is 0 Å². The maximum Gasteiger partial charge on any atom is 0.135 e. The van der Waals surface area contributed by atoms with Crippen LogP contribution in [0.1, 0.15) is 25.7 Å². The molecule has 0 fully saturated rings. The Morgan fingerprint density at radius 1 is 0.441 bits per heavy atom. The van der Waals surface area contributed by atoms with Crippen LogP contribution in [0.3, 0.4) is 0 Å². The van der Waals surface area contributed by atoms with E-state index in [1.54, 1.807) is 0 Å². The smallest absolute Gasteiger partial charge is 0.135 e. The highest BCUT2D eigenvalue weighted by Gasteiger charge is 2.08. The zero-order valence-corrected chi connectivity index (χ0v) is 19.0. The first-order chi connectivity index (χ1) is 16.8. The first-order valence-electron chi connectivity index (χ1n) is 11.9. The van der Waals surface area contributed by atoms with Gasteiger partial charge in [-0.25, -0.2) is 0 Å². The Hall–Kier alpha value is -3.92. The molecule has 0 spiro atoms. The van der Waals surface area contributed by atoms with Crippen LogP contribution in [0, 0.1) is 0 Å². The van der Waals surface area contributed by atoms with Crippen LogP contribution in [-0.2, 0) is 0 Å². The lowest BCUT2D eigenvalue weighted by atomic mass is 10.1. The maximum atomic E-state index is 5.99. The molecule has 4 nitrogen and oxygen atoms in total. The van der Waals surface area contributed by atoms with Crippen LogP contribution in [-0.4, -0.2) is 13.2 Å². The molecule has 2 heterocycles. The van der Waals surface area contributed by atoms with Crippen LogP contribution in [0.15, 0.2) is 93.8 Å². The zero-order chi connectivity index (χ0) is 22.7. The second-order valence-corrected chi connectivity index (χ2v) is 8.62. The van der Waals surface area contributed by atoms with E-state index in [-0.39, 0.29) is 0 Å². The summed E-state index contributed by atoms with van der Waals surface area (Å²) in [6, 6.07) is 28.3. The fourth-order valence-corrected chi connectivity index (χ4v) is 4.53. The minimum absolute atomic E-state index is 0.715. The Morgan fingerprint density at radius 3 is 1.38 bits per heavy atom. The molecule has 6 aromatic rings. The molecule has 0 N–H and O–H groups in total. The Balaban J connectivity index is 0.950. The van der Waals surface area contributed by atoms with E-state index >= 15 is 0 Å². The summed E-state index contributed by atoms with van der Waals surface area (Å²) in [5, 5.41) is 4.46. The number of ether oxygens (including phenoxy) is 2. The summed E-state index contributed by atoms with van der Waals surface area (Å²) in [6.07, 6.45) is 4.28. The summed E-state index contributed by atoms with van der Waals surface area (Å²) in [5.41, 5.74) is 3.62. The van der Waals surface area contributed by atoms with E-state index in [4.69, 9.17) is 18.3 Å². The van der Waals surface area contributed by atoms with E-state index in [2.05, 4.69) is 24.3 Å².